The van der Waals surface area contributed by atoms with Crippen LogP contribution in [0.25, 0.3) is 0 Å². The van der Waals surface area contributed by atoms with Crippen LogP contribution in [0.15, 0.2) is 54.6 Å². The van der Waals surface area contributed by atoms with Gasteiger partial charge in [-0.2, -0.15) is 0 Å². The summed E-state index contributed by atoms with van der Waals surface area (Å²) in [5.74, 6) is -0.994. The summed E-state index contributed by atoms with van der Waals surface area (Å²) in [6, 6.07) is 14.3. The Morgan fingerprint density at radius 3 is 2.29 bits per heavy atom. The smallest absolute Gasteiger partial charge is 0.340 e. The molecule has 7 heteroatoms. The van der Waals surface area contributed by atoms with E-state index in [0.29, 0.717) is 6.42 Å². The lowest BCUT2D eigenvalue weighted by atomic mass is 10.1. The monoisotopic (exact) mass is 328 g/mol. The van der Waals surface area contributed by atoms with Gasteiger partial charge in [0.25, 0.3) is 5.69 Å². The quantitative estimate of drug-likeness (QED) is 0.380. The minimum atomic E-state index is -0.826. The highest BCUT2D eigenvalue weighted by atomic mass is 16.6. The number of nitrogens with zero attached hydrogens (tertiary/aromatic N) is 1. The molecule has 2 aromatic carbocycles. The molecule has 2 rings (SSSR count). The molecule has 1 amide bonds. The summed E-state index contributed by atoms with van der Waals surface area (Å²) in [6.45, 7) is 1.33. The Balaban J connectivity index is 2.08. The first-order valence-electron chi connectivity index (χ1n) is 7.22. The molecule has 1 N–H and O–H groups in total. The van der Waals surface area contributed by atoms with Gasteiger partial charge in [-0.1, -0.05) is 30.3 Å². The molecule has 0 aliphatic rings. The summed E-state index contributed by atoms with van der Waals surface area (Å²) in [4.78, 5) is 33.5. The molecule has 24 heavy (non-hydrogen) atoms. The van der Waals surface area contributed by atoms with Crippen LogP contribution in [0, 0.1) is 10.1 Å². The second-order valence-electron chi connectivity index (χ2n) is 5.09. The average molecular weight is 328 g/mol. The lowest BCUT2D eigenvalue weighted by molar-refractivity contribution is -0.384. The van der Waals surface area contributed by atoms with Crippen molar-refractivity contribution in [1.82, 2.24) is 5.32 Å². The van der Waals surface area contributed by atoms with Gasteiger partial charge >= 0.3 is 5.97 Å². The fourth-order valence-corrected chi connectivity index (χ4v) is 2.09. The molecule has 0 aliphatic carbocycles. The Kier molecular flexibility index (Phi) is 5.62. The Morgan fingerprint density at radius 2 is 1.75 bits per heavy atom. The number of nitrogens with one attached hydrogen (secondary N) is 1. The third-order valence-corrected chi connectivity index (χ3v) is 3.19. The Morgan fingerprint density at radius 1 is 1.12 bits per heavy atom. The molecule has 0 spiro atoms. The summed E-state index contributed by atoms with van der Waals surface area (Å²) in [5, 5.41) is 13.2. The van der Waals surface area contributed by atoms with Crippen molar-refractivity contribution in [3.8, 4) is 0 Å². The molecule has 124 valence electrons. The van der Waals surface area contributed by atoms with Gasteiger partial charge in [0.1, 0.15) is 0 Å². The molecule has 2 aromatic rings. The highest BCUT2D eigenvalue weighted by Gasteiger charge is 2.18. The molecule has 0 saturated heterocycles. The summed E-state index contributed by atoms with van der Waals surface area (Å²) in [7, 11) is 0. The second-order valence-corrected chi connectivity index (χ2v) is 5.09. The Labute approximate surface area is 138 Å². The normalized spacial score (nSPS) is 11.4. The first kappa shape index (κ1) is 17.1. The number of nitro groups is 1. The zero-order valence-corrected chi connectivity index (χ0v) is 13.0. The number of ether oxygens (including phenoxy) is 1. The number of esters is 1. The number of benzene rings is 2. The predicted octanol–water partition coefficient (Wildman–Crippen LogP) is 2.46. The standard InChI is InChI=1S/C17H16N2O5/c1-12(20)18-16(11-13-5-3-2-4-6-13)24-17(21)14-7-9-15(10-8-14)19(22)23/h2-10,16H,11H2,1H3,(H,18,20)/t16-/m1/s1. The van der Waals surface area contributed by atoms with Crippen LogP contribution in [0.2, 0.25) is 0 Å². The number of non-ortho nitro benzene ring substituents is 1. The molecule has 0 saturated carbocycles. The van der Waals surface area contributed by atoms with Gasteiger partial charge in [-0.25, -0.2) is 4.79 Å². The van der Waals surface area contributed by atoms with E-state index in [0.717, 1.165) is 5.56 Å². The van der Waals surface area contributed by atoms with E-state index in [1.165, 1.54) is 31.2 Å². The van der Waals surface area contributed by atoms with Gasteiger partial charge in [0.2, 0.25) is 5.91 Å². The fourth-order valence-electron chi connectivity index (χ4n) is 2.09. The van der Waals surface area contributed by atoms with Gasteiger partial charge < -0.3 is 10.1 Å². The third-order valence-electron chi connectivity index (χ3n) is 3.19. The number of hydrogen-bond acceptors (Lipinski definition) is 5. The molecule has 0 radical (unpaired) electrons. The first-order chi connectivity index (χ1) is 11.5. The maximum absolute atomic E-state index is 12.2. The molecule has 0 unspecified atom stereocenters. The zero-order valence-electron chi connectivity index (χ0n) is 13.0. The van der Waals surface area contributed by atoms with Crippen molar-refractivity contribution < 1.29 is 19.2 Å². The maximum atomic E-state index is 12.2. The van der Waals surface area contributed by atoms with Crippen molar-refractivity contribution in [2.75, 3.05) is 0 Å². The van der Waals surface area contributed by atoms with Crippen molar-refractivity contribution in [1.29, 1.82) is 0 Å². The number of amides is 1. The van der Waals surface area contributed by atoms with Crippen LogP contribution in [0.1, 0.15) is 22.8 Å². The molecule has 0 bridgehead atoms. The van der Waals surface area contributed by atoms with Crippen molar-refractivity contribution in [3.05, 3.63) is 75.8 Å². The van der Waals surface area contributed by atoms with Gasteiger partial charge in [-0.05, 0) is 17.7 Å². The van der Waals surface area contributed by atoms with Crippen LogP contribution in [0.5, 0.6) is 0 Å². The zero-order chi connectivity index (χ0) is 17.5. The third kappa shape index (κ3) is 4.91. The number of rotatable bonds is 6. The van der Waals surface area contributed by atoms with Crippen LogP contribution < -0.4 is 5.32 Å². The Hall–Kier alpha value is -3.22. The molecule has 0 aromatic heterocycles. The number of hydrogen-bond donors (Lipinski definition) is 1. The molecule has 0 aliphatic heterocycles. The summed E-state index contributed by atoms with van der Waals surface area (Å²) >= 11 is 0. The van der Waals surface area contributed by atoms with Gasteiger partial charge in [0.15, 0.2) is 6.23 Å². The van der Waals surface area contributed by atoms with E-state index in [2.05, 4.69) is 5.32 Å². The van der Waals surface area contributed by atoms with Crippen molar-refractivity contribution in [3.63, 3.8) is 0 Å². The molecule has 0 heterocycles. The van der Waals surface area contributed by atoms with E-state index in [4.69, 9.17) is 4.74 Å². The van der Waals surface area contributed by atoms with Gasteiger partial charge in [0, 0.05) is 25.5 Å². The SMILES string of the molecule is CC(=O)N[C@@H](Cc1ccccc1)OC(=O)c1ccc([N+](=O)[O-])cc1. The van der Waals surface area contributed by atoms with Crippen LogP contribution >= 0.6 is 0 Å². The van der Waals surface area contributed by atoms with Crippen molar-refractivity contribution in [2.45, 2.75) is 19.6 Å². The topological polar surface area (TPSA) is 98.5 Å². The van der Waals surface area contributed by atoms with Crippen molar-refractivity contribution in [2.24, 2.45) is 0 Å². The van der Waals surface area contributed by atoms with E-state index in [-0.39, 0.29) is 17.2 Å². The van der Waals surface area contributed by atoms with Gasteiger partial charge in [-0.15, -0.1) is 0 Å². The van der Waals surface area contributed by atoms with Gasteiger partial charge in [0.05, 0.1) is 10.5 Å². The molecule has 0 fully saturated rings. The number of carbonyl (C=O) groups is 2. The Bertz CT molecular complexity index is 728. The van der Waals surface area contributed by atoms with E-state index >= 15 is 0 Å². The lowest BCUT2D eigenvalue weighted by Crippen LogP contribution is -2.38. The second kappa shape index (κ2) is 7.87. The van der Waals surface area contributed by atoms with Crippen LogP contribution in [-0.4, -0.2) is 23.0 Å². The van der Waals surface area contributed by atoms with Crippen LogP contribution in [0.4, 0.5) is 5.69 Å². The summed E-state index contributed by atoms with van der Waals surface area (Å²) < 4.78 is 5.31. The summed E-state index contributed by atoms with van der Waals surface area (Å²) in [5.41, 5.74) is 0.950. The average Bonchev–Trinajstić information content (AvgIpc) is 2.55. The lowest BCUT2D eigenvalue weighted by Gasteiger charge is -2.18. The number of carbonyl (C=O) groups excluding carboxylic acids is 2. The minimum Gasteiger partial charge on any atom is -0.438 e. The summed E-state index contributed by atoms with van der Waals surface area (Å²) in [6.07, 6.45) is -0.508. The van der Waals surface area contributed by atoms with E-state index in [1.807, 2.05) is 30.3 Å². The highest BCUT2D eigenvalue weighted by Crippen LogP contribution is 2.14. The first-order valence-corrected chi connectivity index (χ1v) is 7.22. The van der Waals surface area contributed by atoms with Crippen molar-refractivity contribution >= 4 is 17.6 Å². The van der Waals surface area contributed by atoms with Crippen LogP contribution in [-0.2, 0) is 16.0 Å². The van der Waals surface area contributed by atoms with E-state index in [1.54, 1.807) is 0 Å². The minimum absolute atomic E-state index is 0.116. The maximum Gasteiger partial charge on any atom is 0.340 e. The fraction of sp³-hybridized carbons (Fsp3) is 0.176. The molecular weight excluding hydrogens is 312 g/mol. The van der Waals surface area contributed by atoms with E-state index in [9.17, 15) is 19.7 Å². The molecular formula is C17H16N2O5. The van der Waals surface area contributed by atoms with Crippen LogP contribution in [0.3, 0.4) is 0 Å². The number of nitro benzene ring substituents is 1. The predicted molar refractivity (Wildman–Crippen MR) is 86.3 cm³/mol. The molecule has 1 atom stereocenters. The van der Waals surface area contributed by atoms with Gasteiger partial charge in [-0.3, -0.25) is 14.9 Å². The van der Waals surface area contributed by atoms with E-state index < -0.39 is 17.1 Å². The highest BCUT2D eigenvalue weighted by molar-refractivity contribution is 5.90. The molecule has 7 nitrogen and oxygen atoms in total. The largest absolute Gasteiger partial charge is 0.438 e.